The third-order valence-electron chi connectivity index (χ3n) is 6.54. The Morgan fingerprint density at radius 1 is 1.17 bits per heavy atom. The molecule has 0 unspecified atom stereocenters. The van der Waals surface area contributed by atoms with Crippen LogP contribution in [0.4, 0.5) is 16.2 Å². The molecule has 1 N–H and O–H groups in total. The number of benzene rings is 2. The van der Waals surface area contributed by atoms with Crippen molar-refractivity contribution in [2.24, 2.45) is 0 Å². The zero-order valence-corrected chi connectivity index (χ0v) is 19.1. The summed E-state index contributed by atoms with van der Waals surface area (Å²) in [6.07, 6.45) is 0.909. The molecule has 10 nitrogen and oxygen atoms in total. The van der Waals surface area contributed by atoms with Crippen LogP contribution in [0.15, 0.2) is 54.2 Å². The largest absolute Gasteiger partial charge is 0.445 e. The Morgan fingerprint density at radius 3 is 2.69 bits per heavy atom. The van der Waals surface area contributed by atoms with Crippen LogP contribution in [0.25, 0.3) is 5.57 Å². The van der Waals surface area contributed by atoms with Crippen LogP contribution in [0, 0.1) is 10.1 Å². The summed E-state index contributed by atoms with van der Waals surface area (Å²) in [4.78, 5) is 40.8. The van der Waals surface area contributed by atoms with Gasteiger partial charge in [-0.15, -0.1) is 0 Å². The fourth-order valence-electron chi connectivity index (χ4n) is 4.79. The first-order valence-corrected chi connectivity index (χ1v) is 11.7. The lowest BCUT2D eigenvalue weighted by Gasteiger charge is -2.32. The number of nitrogens with one attached hydrogen (secondary N) is 1. The molecule has 5 rings (SSSR count). The van der Waals surface area contributed by atoms with Crippen molar-refractivity contribution in [3.63, 3.8) is 0 Å². The molecule has 0 saturated carbocycles. The SMILES string of the molecule is O=C(OCc1ccccc1)N1CCN/C(=C2\C(=O)N(C3CCOCC3)c3ccc([N+](=O)[O-])cc32)C1. The second-order valence-electron chi connectivity index (χ2n) is 8.72. The van der Waals surface area contributed by atoms with Gasteiger partial charge >= 0.3 is 6.09 Å². The van der Waals surface area contributed by atoms with Crippen molar-refractivity contribution in [2.75, 3.05) is 37.7 Å². The highest BCUT2D eigenvalue weighted by molar-refractivity contribution is 6.33. The molecule has 2 aromatic carbocycles. The van der Waals surface area contributed by atoms with Crippen LogP contribution in [0.1, 0.15) is 24.0 Å². The highest BCUT2D eigenvalue weighted by Gasteiger charge is 2.41. The second-order valence-corrected chi connectivity index (χ2v) is 8.72. The Labute approximate surface area is 202 Å². The first-order valence-electron chi connectivity index (χ1n) is 11.7. The van der Waals surface area contributed by atoms with E-state index in [9.17, 15) is 19.7 Å². The monoisotopic (exact) mass is 478 g/mol. The Hall–Kier alpha value is -3.92. The van der Waals surface area contributed by atoms with Crippen LogP contribution in [-0.2, 0) is 20.9 Å². The van der Waals surface area contributed by atoms with Gasteiger partial charge in [0.15, 0.2) is 0 Å². The number of carbonyl (C=O) groups is 2. The summed E-state index contributed by atoms with van der Waals surface area (Å²) >= 11 is 0. The summed E-state index contributed by atoms with van der Waals surface area (Å²) in [5.74, 6) is -0.214. The number of piperazine rings is 1. The third kappa shape index (κ3) is 4.57. The van der Waals surface area contributed by atoms with Gasteiger partial charge in [0.1, 0.15) is 6.61 Å². The molecule has 3 aliphatic rings. The van der Waals surface area contributed by atoms with E-state index in [0.717, 1.165) is 5.56 Å². The summed E-state index contributed by atoms with van der Waals surface area (Å²) < 4.78 is 10.9. The molecule has 0 aliphatic carbocycles. The average molecular weight is 479 g/mol. The number of rotatable bonds is 4. The first-order chi connectivity index (χ1) is 17.0. The fraction of sp³-hybridized carbons (Fsp3) is 0.360. The maximum absolute atomic E-state index is 13.7. The lowest BCUT2D eigenvalue weighted by molar-refractivity contribution is -0.384. The van der Waals surface area contributed by atoms with Gasteiger partial charge < -0.3 is 24.6 Å². The Balaban J connectivity index is 1.43. The van der Waals surface area contributed by atoms with Crippen LogP contribution < -0.4 is 10.2 Å². The van der Waals surface area contributed by atoms with E-state index in [-0.39, 0.29) is 30.8 Å². The van der Waals surface area contributed by atoms with E-state index in [4.69, 9.17) is 9.47 Å². The van der Waals surface area contributed by atoms with Crippen molar-refractivity contribution in [2.45, 2.75) is 25.5 Å². The molecular formula is C25H26N4O6. The highest BCUT2D eigenvalue weighted by Crippen LogP contribution is 2.42. The molecule has 2 amide bonds. The molecule has 0 bridgehead atoms. The summed E-state index contributed by atoms with van der Waals surface area (Å²) in [6.45, 7) is 2.28. The van der Waals surface area contributed by atoms with Gasteiger partial charge in [-0.25, -0.2) is 4.79 Å². The van der Waals surface area contributed by atoms with Crippen LogP contribution in [-0.4, -0.2) is 60.7 Å². The minimum Gasteiger partial charge on any atom is -0.445 e. The van der Waals surface area contributed by atoms with Gasteiger partial charge in [0.05, 0.1) is 22.7 Å². The van der Waals surface area contributed by atoms with Gasteiger partial charge in [0, 0.05) is 55.7 Å². The van der Waals surface area contributed by atoms with E-state index in [1.165, 1.54) is 12.1 Å². The molecule has 2 fully saturated rings. The molecular weight excluding hydrogens is 452 g/mol. The van der Waals surface area contributed by atoms with Gasteiger partial charge in [0.2, 0.25) is 0 Å². The van der Waals surface area contributed by atoms with Crippen molar-refractivity contribution in [3.05, 3.63) is 75.5 Å². The predicted octanol–water partition coefficient (Wildman–Crippen LogP) is 3.07. The normalized spacial score (nSPS) is 20.4. The summed E-state index contributed by atoms with van der Waals surface area (Å²) in [5.41, 5.74) is 2.90. The number of nitro benzene ring substituents is 1. The van der Waals surface area contributed by atoms with Gasteiger partial charge in [-0.1, -0.05) is 30.3 Å². The number of carbonyl (C=O) groups excluding carboxylic acids is 2. The molecule has 0 radical (unpaired) electrons. The molecule has 0 atom stereocenters. The van der Waals surface area contributed by atoms with Crippen LogP contribution in [0.2, 0.25) is 0 Å². The smallest absolute Gasteiger partial charge is 0.410 e. The minimum absolute atomic E-state index is 0.0508. The lowest BCUT2D eigenvalue weighted by atomic mass is 10.0. The quantitative estimate of drug-likeness (QED) is 0.408. The molecule has 0 aromatic heterocycles. The van der Waals surface area contributed by atoms with Crippen molar-refractivity contribution in [3.8, 4) is 0 Å². The number of nitrogens with zero attached hydrogens (tertiary/aromatic N) is 3. The number of amides is 2. The molecule has 10 heteroatoms. The Bertz CT molecular complexity index is 1180. The number of ether oxygens (including phenoxy) is 2. The zero-order valence-electron chi connectivity index (χ0n) is 19.1. The van der Waals surface area contributed by atoms with Crippen molar-refractivity contribution < 1.29 is 24.0 Å². The number of anilines is 1. The highest BCUT2D eigenvalue weighted by atomic mass is 16.6. The number of nitro groups is 1. The molecule has 0 spiro atoms. The Kier molecular flexibility index (Phi) is 6.37. The number of non-ortho nitro benzene ring substituents is 1. The maximum atomic E-state index is 13.7. The topological polar surface area (TPSA) is 114 Å². The van der Waals surface area contributed by atoms with Gasteiger partial charge in [0.25, 0.3) is 11.6 Å². The predicted molar refractivity (Wildman–Crippen MR) is 128 cm³/mol. The number of fused-ring (bicyclic) bond motifs is 1. The summed E-state index contributed by atoms with van der Waals surface area (Å²) in [7, 11) is 0. The molecule has 182 valence electrons. The van der Waals surface area contributed by atoms with Crippen molar-refractivity contribution >= 4 is 28.9 Å². The minimum atomic E-state index is -0.473. The molecule has 35 heavy (non-hydrogen) atoms. The van der Waals surface area contributed by atoms with E-state index >= 15 is 0 Å². The standard InChI is InChI=1S/C25H26N4O6/c30-24-23(21-15-27(11-10-26-21)25(31)35-16-17-4-2-1-3-5-17)20-14-19(29(32)33)6-7-22(20)28(24)18-8-12-34-13-9-18/h1-7,14,18,26H,8-13,15-16H2/b23-21-. The first kappa shape index (κ1) is 22.9. The molecule has 2 aromatic rings. The summed E-state index contributed by atoms with van der Waals surface area (Å²) in [6, 6.07) is 13.9. The molecule has 2 saturated heterocycles. The van der Waals surface area contributed by atoms with E-state index in [1.54, 1.807) is 15.9 Å². The lowest BCUT2D eigenvalue weighted by Crippen LogP contribution is -2.46. The van der Waals surface area contributed by atoms with Crippen LogP contribution >= 0.6 is 0 Å². The van der Waals surface area contributed by atoms with Crippen LogP contribution in [0.3, 0.4) is 0 Å². The Morgan fingerprint density at radius 2 is 1.94 bits per heavy atom. The van der Waals surface area contributed by atoms with Gasteiger partial charge in [-0.05, 0) is 24.5 Å². The number of hydrogen-bond donors (Lipinski definition) is 1. The van der Waals surface area contributed by atoms with E-state index in [2.05, 4.69) is 5.32 Å². The van der Waals surface area contributed by atoms with Crippen LogP contribution in [0.5, 0.6) is 0 Å². The van der Waals surface area contributed by atoms with Crippen molar-refractivity contribution in [1.82, 2.24) is 10.2 Å². The third-order valence-corrected chi connectivity index (χ3v) is 6.54. The second kappa shape index (κ2) is 9.75. The van der Waals surface area contributed by atoms with Crippen molar-refractivity contribution in [1.29, 1.82) is 0 Å². The van der Waals surface area contributed by atoms with E-state index < -0.39 is 11.0 Å². The fourth-order valence-corrected chi connectivity index (χ4v) is 4.79. The summed E-state index contributed by atoms with van der Waals surface area (Å²) in [5, 5.41) is 14.7. The van der Waals surface area contributed by atoms with Gasteiger partial charge in [-0.2, -0.15) is 0 Å². The van der Waals surface area contributed by atoms with E-state index in [0.29, 0.717) is 61.7 Å². The number of hydrogen-bond acceptors (Lipinski definition) is 7. The van der Waals surface area contributed by atoms with E-state index in [1.807, 2.05) is 30.3 Å². The zero-order chi connectivity index (χ0) is 24.4. The maximum Gasteiger partial charge on any atom is 0.410 e. The molecule has 3 heterocycles. The molecule has 3 aliphatic heterocycles. The average Bonchev–Trinajstić information content (AvgIpc) is 3.19. The van der Waals surface area contributed by atoms with Gasteiger partial charge in [-0.3, -0.25) is 14.9 Å².